The lowest BCUT2D eigenvalue weighted by molar-refractivity contribution is -0.00100. The molecule has 0 bridgehead atoms. The third-order valence-corrected chi connectivity index (χ3v) is 19.8. The van der Waals surface area contributed by atoms with Gasteiger partial charge < -0.3 is 97.9 Å². The lowest BCUT2D eigenvalue weighted by atomic mass is 10.1. The number of H-pyrrole nitrogens is 2. The Balaban J connectivity index is 0.000000190. The highest BCUT2D eigenvalue weighted by molar-refractivity contribution is 8.20. The molecular formula is C69H65Cl2N13O20S5. The van der Waals surface area contributed by atoms with E-state index in [1.807, 2.05) is 54.6 Å². The number of fused-ring (bicyclic) bond motifs is 5. The Bertz CT molecular complexity index is 6120. The molecule has 0 aliphatic heterocycles. The molecule has 570 valence electrons. The van der Waals surface area contributed by atoms with Crippen LogP contribution in [0.25, 0.3) is 75.4 Å². The number of benzene rings is 10. The molecule has 0 atom stereocenters. The monoisotopic (exact) mass is 1630 g/mol. The number of anilines is 3. The van der Waals surface area contributed by atoms with E-state index in [1.165, 1.54) is 100 Å². The van der Waals surface area contributed by atoms with Crippen LogP contribution >= 0.6 is 32.6 Å². The van der Waals surface area contributed by atoms with Crippen molar-refractivity contribution in [2.24, 2.45) is 0 Å². The average molecular weight is 1630 g/mol. The van der Waals surface area contributed by atoms with E-state index >= 15 is 0 Å². The molecule has 33 nitrogen and oxygen atoms in total. The van der Waals surface area contributed by atoms with E-state index in [4.69, 9.17) is 58.7 Å². The van der Waals surface area contributed by atoms with Crippen molar-refractivity contribution in [2.45, 2.75) is 44.9 Å². The van der Waals surface area contributed by atoms with Crippen LogP contribution in [0.5, 0.6) is 17.2 Å². The number of phenolic OH excluding ortho intramolecular Hbond substituents is 3. The Labute approximate surface area is 635 Å². The highest BCUT2D eigenvalue weighted by Crippen LogP contribution is 2.49. The first-order chi connectivity index (χ1) is 50.3. The first-order valence-corrected chi connectivity index (χ1v) is 37.9. The molecule has 0 spiro atoms. The fourth-order valence-electron chi connectivity index (χ4n) is 10.3. The van der Waals surface area contributed by atoms with Crippen molar-refractivity contribution in [1.82, 2.24) is 29.5 Å². The first-order valence-electron chi connectivity index (χ1n) is 30.5. The van der Waals surface area contributed by atoms with Gasteiger partial charge in [0.1, 0.15) is 49.9 Å². The van der Waals surface area contributed by atoms with E-state index in [0.717, 1.165) is 45.7 Å². The molecule has 21 N–H and O–H groups in total. The number of nitrogen functional groups attached to an aromatic ring is 2. The van der Waals surface area contributed by atoms with E-state index < -0.39 is 52.8 Å². The molecule has 0 saturated heterocycles. The van der Waals surface area contributed by atoms with Crippen molar-refractivity contribution in [3.05, 3.63) is 266 Å². The molecular weight excluding hydrogens is 1560 g/mol. The number of hydrogen-bond acceptors (Lipinski definition) is 25. The van der Waals surface area contributed by atoms with Gasteiger partial charge in [0.05, 0.1) is 52.6 Å². The minimum absolute atomic E-state index is 0. The number of aromatic amines is 2. The lowest BCUT2D eigenvalue weighted by Crippen LogP contribution is -3.00. The van der Waals surface area contributed by atoms with E-state index in [2.05, 4.69) is 35.4 Å². The number of halogens is 2. The summed E-state index contributed by atoms with van der Waals surface area (Å²) in [6.45, 7) is 3.58. The van der Waals surface area contributed by atoms with Crippen molar-refractivity contribution in [1.29, 1.82) is 10.8 Å². The van der Waals surface area contributed by atoms with E-state index in [1.54, 1.807) is 68.7 Å². The summed E-state index contributed by atoms with van der Waals surface area (Å²) in [5.74, 6) is -0.560. The Hall–Kier alpha value is -11.5. The smallest absolute Gasteiger partial charge is 0.410 e. The fraction of sp³-hybridized carbons (Fsp3) is 0.0435. The van der Waals surface area contributed by atoms with Crippen molar-refractivity contribution in [3.8, 4) is 28.6 Å². The predicted octanol–water partition coefficient (Wildman–Crippen LogP) is 9.36. The normalized spacial score (nSPS) is 11.7. The van der Waals surface area contributed by atoms with Crippen LogP contribution in [0.2, 0.25) is 0 Å². The van der Waals surface area contributed by atoms with Crippen molar-refractivity contribution in [2.75, 3.05) is 16.8 Å². The molecule has 10 aromatic carbocycles. The topological polar surface area (TPSA) is 573 Å². The maximum Gasteiger partial charge on any atom is 0.410 e. The second kappa shape index (κ2) is 35.1. The molecule has 0 aliphatic rings. The predicted molar refractivity (Wildman–Crippen MR) is 409 cm³/mol. The Morgan fingerprint density at radius 3 is 1.36 bits per heavy atom. The second-order valence-electron chi connectivity index (χ2n) is 22.9. The number of aromatic nitrogens is 6. The van der Waals surface area contributed by atoms with Gasteiger partial charge in [-0.1, -0.05) is 36.4 Å². The van der Waals surface area contributed by atoms with Crippen molar-refractivity contribution >= 4 is 135 Å². The van der Waals surface area contributed by atoms with Crippen LogP contribution in [-0.2, 0) is 26.8 Å². The van der Waals surface area contributed by atoms with Gasteiger partial charge >= 0.3 is 11.4 Å². The number of aryl methyl sites for hydroxylation is 2. The third-order valence-electron chi connectivity index (χ3n) is 15.5. The largest absolute Gasteiger partial charge is 1.00 e. The molecule has 4 heterocycles. The SMILES string of the molecule is Cc1[nH]n(-c2ccc(S(=O)(=O)O)cc2)c(=O)c1CNc1ccc2c(O)cc(S(O)(O)O)cc2c1.Cc1cc(=O)n(-c2ccc(S(=O)(=O)O)cc2)[nH]1.N#[N+]c1ccc2c(O)cc(S(O)(O)O)cc2c1.N#[N+]c1cccc2cccnc12.Nc1ccc2c(O)cc(S(O)(O)O)cc2c1.Nc1cccc2cccnc12.[Cl-].[Cl-]. The quantitative estimate of drug-likeness (QED) is 0.0344. The van der Waals surface area contributed by atoms with Gasteiger partial charge in [0.25, 0.3) is 31.4 Å². The number of para-hydroxylation sites is 2. The van der Waals surface area contributed by atoms with Crippen LogP contribution in [-0.4, -0.2) is 112 Å². The molecule has 0 saturated carbocycles. The van der Waals surface area contributed by atoms with Gasteiger partial charge in [-0.2, -0.15) is 16.8 Å². The molecule has 40 heteroatoms. The van der Waals surface area contributed by atoms with E-state index in [0.29, 0.717) is 77.7 Å². The van der Waals surface area contributed by atoms with Gasteiger partial charge in [-0.25, -0.2) is 14.3 Å². The van der Waals surface area contributed by atoms with Crippen molar-refractivity contribution in [3.63, 3.8) is 0 Å². The molecule has 0 unspecified atom stereocenters. The summed E-state index contributed by atoms with van der Waals surface area (Å²) in [6.07, 6.45) is 3.43. The van der Waals surface area contributed by atoms with E-state index in [-0.39, 0.29) is 89.9 Å². The number of nitrogens with zero attached hydrogens (tertiary/aromatic N) is 8. The lowest BCUT2D eigenvalue weighted by Gasteiger charge is -2.20. The Morgan fingerprint density at radius 1 is 0.459 bits per heavy atom. The number of nitrogens with two attached hydrogens (primary N) is 2. The molecule has 0 amide bonds. The molecule has 14 rings (SSSR count). The number of diazo groups is 2. The van der Waals surface area contributed by atoms with Gasteiger partial charge in [-0.3, -0.25) is 33.9 Å². The fourth-order valence-corrected chi connectivity index (χ4v) is 12.9. The summed E-state index contributed by atoms with van der Waals surface area (Å²) in [4.78, 5) is 37.7. The highest BCUT2D eigenvalue weighted by atomic mass is 35.5. The number of phenols is 3. The number of pyridine rings is 2. The van der Waals surface area contributed by atoms with Crippen LogP contribution in [0, 0.1) is 24.6 Å². The Morgan fingerprint density at radius 2 is 0.899 bits per heavy atom. The molecule has 109 heavy (non-hydrogen) atoms. The van der Waals surface area contributed by atoms with Crippen LogP contribution < -0.4 is 52.7 Å². The minimum Gasteiger partial charge on any atom is -1.00 e. The maximum atomic E-state index is 12.9. The second-order valence-corrected chi connectivity index (χ2v) is 30.3. The third kappa shape index (κ3) is 21.5. The maximum absolute atomic E-state index is 12.9. The zero-order valence-electron chi connectivity index (χ0n) is 56.2. The summed E-state index contributed by atoms with van der Waals surface area (Å²) < 4.78 is 148. The highest BCUT2D eigenvalue weighted by Gasteiger charge is 2.23. The van der Waals surface area contributed by atoms with Gasteiger partial charge in [-0.15, -0.1) is 0 Å². The Kier molecular flexibility index (Phi) is 27.3. The molecule has 0 radical (unpaired) electrons. The first kappa shape index (κ1) is 84.8. The van der Waals surface area contributed by atoms with Crippen LogP contribution in [0.15, 0.2) is 253 Å². The van der Waals surface area contributed by atoms with Gasteiger partial charge in [0.15, 0.2) is 15.5 Å². The molecule has 4 aromatic heterocycles. The zero-order chi connectivity index (χ0) is 78.1. The van der Waals surface area contributed by atoms with Crippen LogP contribution in [0.4, 0.5) is 28.4 Å². The number of aromatic hydroxyl groups is 3. The number of hydrogen-bond donors (Lipinski definition) is 19. The summed E-state index contributed by atoms with van der Waals surface area (Å²) in [5, 5.41) is 60.4. The summed E-state index contributed by atoms with van der Waals surface area (Å²) in [6, 6.07) is 52.3. The zero-order valence-corrected chi connectivity index (χ0v) is 61.8. The molecule has 0 fully saturated rings. The van der Waals surface area contributed by atoms with Gasteiger partial charge in [0, 0.05) is 92.9 Å². The summed E-state index contributed by atoms with van der Waals surface area (Å²) in [7, 11) is -20.3. The van der Waals surface area contributed by atoms with Gasteiger partial charge in [0.2, 0.25) is 10.8 Å². The van der Waals surface area contributed by atoms with Crippen molar-refractivity contribution < 1.29 is 107 Å². The van der Waals surface area contributed by atoms with E-state index in [9.17, 15) is 55.4 Å². The number of rotatable bonds is 10. The standard InChI is InChI=1S/C21H21N3O8S2.C10H10N2O4S.C10H8N2O4S.C10H11NO4S.C9H6N3.C9H8N2.2ClH/c1-12-19(21(26)24(23-12)15-3-5-16(6-4-15)33(27,28)29)11-22-14-2-7-18-13(8-14)9-17(10-20(18)25)34(30,31)32;1-7-6-10(13)12(11-7)8-2-4-9(5-3-8)17(14,15)16;11-12-7-1-2-9-6(3-7)4-8(5-10(9)13)17(14,15)16;11-7-1-2-9-6(3-7)4-8(5-10(9)12)16(13,14)15;10-12-8-5-1-3-7-4-2-6-11-9(7)8;10-8-5-1-3-7-4-2-6-11-9(7)8;;/h2-10,22-23,25,30-32H,11H2,1H3,(H,27,28,29);2-6,11H,1H3,(H,14,15,16);1-5H,(H3-,13,14,15,16);1-5,12-15H,11H2;1-6H;1-6H,10H2;2*1H/q;;;;+1;;;/p-1. The summed E-state index contributed by atoms with van der Waals surface area (Å²) in [5.41, 5.74) is 17.4. The van der Waals surface area contributed by atoms with Crippen LogP contribution in [0.3, 0.4) is 0 Å². The van der Waals surface area contributed by atoms with Gasteiger partial charge in [-0.05, 0) is 176 Å². The van der Waals surface area contributed by atoms with Crippen LogP contribution in [0.1, 0.15) is 17.0 Å². The molecule has 14 aromatic rings. The average Bonchev–Trinajstić information content (AvgIpc) is 1.76. The molecule has 0 aliphatic carbocycles. The minimum atomic E-state index is -4.35. The number of nitrogens with one attached hydrogen (secondary N) is 3. The summed E-state index contributed by atoms with van der Waals surface area (Å²) >= 11 is 0.